The fourth-order valence-corrected chi connectivity index (χ4v) is 2.55. The van der Waals surface area contributed by atoms with Gasteiger partial charge >= 0.3 is 5.88 Å². The summed E-state index contributed by atoms with van der Waals surface area (Å²) in [7, 11) is 1.93. The molecule has 0 amide bonds. The lowest BCUT2D eigenvalue weighted by molar-refractivity contribution is -0.730. The Morgan fingerprint density at radius 3 is 2.60 bits per heavy atom. The third-order valence-electron chi connectivity index (χ3n) is 3.85. The van der Waals surface area contributed by atoms with E-state index in [4.69, 9.17) is 4.74 Å². The van der Waals surface area contributed by atoms with Gasteiger partial charge in [0.15, 0.2) is 12.9 Å². The van der Waals surface area contributed by atoms with Crippen molar-refractivity contribution >= 4 is 0 Å². The first-order valence-corrected chi connectivity index (χ1v) is 8.40. The average molecular weight is 338 g/mol. The summed E-state index contributed by atoms with van der Waals surface area (Å²) in [5.74, 6) is 2.27. The van der Waals surface area contributed by atoms with Gasteiger partial charge in [-0.25, -0.2) is 15.0 Å². The smallest absolute Gasteiger partial charge is 0.393 e. The van der Waals surface area contributed by atoms with Crippen LogP contribution in [0.25, 0.3) is 22.6 Å². The van der Waals surface area contributed by atoms with Gasteiger partial charge in [0, 0.05) is 16.5 Å². The number of aromatic nitrogens is 5. The van der Waals surface area contributed by atoms with Gasteiger partial charge in [0.05, 0.1) is 12.7 Å². The van der Waals surface area contributed by atoms with Crippen molar-refractivity contribution in [2.75, 3.05) is 6.61 Å². The first-order chi connectivity index (χ1) is 11.9. The Hall–Kier alpha value is -2.76. The van der Waals surface area contributed by atoms with Gasteiger partial charge in [-0.2, -0.15) is 5.10 Å². The zero-order valence-electron chi connectivity index (χ0n) is 15.4. The predicted octanol–water partition coefficient (Wildman–Crippen LogP) is 3.05. The predicted molar refractivity (Wildman–Crippen MR) is 96.1 cm³/mol. The summed E-state index contributed by atoms with van der Waals surface area (Å²) in [5.41, 5.74) is 2.88. The van der Waals surface area contributed by atoms with Crippen molar-refractivity contribution in [2.24, 2.45) is 7.05 Å². The van der Waals surface area contributed by atoms with Gasteiger partial charge in [-0.3, -0.25) is 0 Å². The minimum absolute atomic E-state index is 0.116. The SMILES string of the molecule is CCOc1cc(-c2cccc(-c3ncnc(C(C)(C)C)n3)c2)[nH][n+]1C. The molecule has 3 aromatic rings. The third kappa shape index (κ3) is 3.68. The number of aryl methyl sites for hydroxylation is 1. The largest absolute Gasteiger partial charge is 0.443 e. The summed E-state index contributed by atoms with van der Waals surface area (Å²) in [4.78, 5) is 13.3. The van der Waals surface area contributed by atoms with Crippen LogP contribution in [0.2, 0.25) is 0 Å². The van der Waals surface area contributed by atoms with Gasteiger partial charge in [-0.1, -0.05) is 43.7 Å². The number of hydrogen-bond acceptors (Lipinski definition) is 4. The van der Waals surface area contributed by atoms with E-state index in [0.29, 0.717) is 12.4 Å². The number of nitrogens with zero attached hydrogens (tertiary/aromatic N) is 4. The van der Waals surface area contributed by atoms with Crippen LogP contribution >= 0.6 is 0 Å². The van der Waals surface area contributed by atoms with Crippen molar-refractivity contribution in [1.82, 2.24) is 20.1 Å². The van der Waals surface area contributed by atoms with Crippen LogP contribution in [0.5, 0.6) is 5.88 Å². The van der Waals surface area contributed by atoms with Crippen LogP contribution in [0.15, 0.2) is 36.7 Å². The Balaban J connectivity index is 1.99. The van der Waals surface area contributed by atoms with Crippen LogP contribution in [-0.4, -0.2) is 26.7 Å². The van der Waals surface area contributed by atoms with Crippen LogP contribution in [0.1, 0.15) is 33.5 Å². The molecule has 0 aliphatic heterocycles. The lowest BCUT2D eigenvalue weighted by atomic mass is 9.96. The van der Waals surface area contributed by atoms with Crippen LogP contribution in [0, 0.1) is 0 Å². The molecule has 0 aliphatic carbocycles. The van der Waals surface area contributed by atoms with E-state index in [1.807, 2.05) is 36.9 Å². The second-order valence-corrected chi connectivity index (χ2v) is 6.96. The minimum Gasteiger partial charge on any atom is -0.443 e. The first-order valence-electron chi connectivity index (χ1n) is 8.40. The first kappa shape index (κ1) is 17.1. The molecule has 0 unspecified atom stereocenters. The van der Waals surface area contributed by atoms with Crippen molar-refractivity contribution in [3.8, 4) is 28.5 Å². The van der Waals surface area contributed by atoms with Gasteiger partial charge in [0.1, 0.15) is 17.8 Å². The van der Waals surface area contributed by atoms with E-state index in [-0.39, 0.29) is 5.41 Å². The number of benzene rings is 1. The average Bonchev–Trinajstić information content (AvgIpc) is 2.96. The highest BCUT2D eigenvalue weighted by molar-refractivity contribution is 5.67. The highest BCUT2D eigenvalue weighted by atomic mass is 16.5. The molecule has 0 fully saturated rings. The van der Waals surface area contributed by atoms with E-state index in [1.54, 1.807) is 6.33 Å². The molecule has 0 radical (unpaired) electrons. The lowest BCUT2D eigenvalue weighted by Gasteiger charge is -2.16. The number of rotatable bonds is 4. The van der Waals surface area contributed by atoms with E-state index in [2.05, 4.69) is 53.0 Å². The highest BCUT2D eigenvalue weighted by Gasteiger charge is 2.19. The molecule has 3 rings (SSSR count). The van der Waals surface area contributed by atoms with Crippen LogP contribution in [0.3, 0.4) is 0 Å². The van der Waals surface area contributed by atoms with Crippen molar-refractivity contribution in [3.05, 3.63) is 42.5 Å². The minimum atomic E-state index is -0.116. The molecule has 2 aromatic heterocycles. The monoisotopic (exact) mass is 338 g/mol. The maximum Gasteiger partial charge on any atom is 0.393 e. The molecule has 1 N–H and O–H groups in total. The van der Waals surface area contributed by atoms with E-state index in [1.165, 1.54) is 0 Å². The Bertz CT molecular complexity index is 880. The number of ether oxygens (including phenoxy) is 1. The molecule has 6 nitrogen and oxygen atoms in total. The summed E-state index contributed by atoms with van der Waals surface area (Å²) in [6.45, 7) is 8.89. The number of hydrogen-bond donors (Lipinski definition) is 1. The number of nitrogens with one attached hydrogen (secondary N) is 1. The van der Waals surface area contributed by atoms with Gasteiger partial charge < -0.3 is 4.74 Å². The Labute approximate surface area is 147 Å². The van der Waals surface area contributed by atoms with E-state index in [9.17, 15) is 0 Å². The van der Waals surface area contributed by atoms with E-state index in [0.717, 1.165) is 28.5 Å². The molecule has 0 aliphatic rings. The Morgan fingerprint density at radius 1 is 1.12 bits per heavy atom. The van der Waals surface area contributed by atoms with Crippen LogP contribution < -0.4 is 9.42 Å². The summed E-state index contributed by atoms with van der Waals surface area (Å²) in [5, 5.41) is 3.30. The van der Waals surface area contributed by atoms with Crippen molar-refractivity contribution in [2.45, 2.75) is 33.1 Å². The summed E-state index contributed by atoms with van der Waals surface area (Å²) in [6.07, 6.45) is 1.58. The molecular weight excluding hydrogens is 314 g/mol. The van der Waals surface area contributed by atoms with E-state index >= 15 is 0 Å². The zero-order valence-corrected chi connectivity index (χ0v) is 15.4. The van der Waals surface area contributed by atoms with Gasteiger partial charge in [-0.05, 0) is 13.0 Å². The summed E-state index contributed by atoms with van der Waals surface area (Å²) in [6, 6.07) is 10.1. The molecule has 2 heterocycles. The van der Waals surface area contributed by atoms with Gasteiger partial charge in [-0.15, -0.1) is 0 Å². The molecule has 0 spiro atoms. The summed E-state index contributed by atoms with van der Waals surface area (Å²) >= 11 is 0. The summed E-state index contributed by atoms with van der Waals surface area (Å²) < 4.78 is 7.47. The lowest BCUT2D eigenvalue weighted by Crippen LogP contribution is -2.31. The van der Waals surface area contributed by atoms with Gasteiger partial charge in [0.2, 0.25) is 0 Å². The highest BCUT2D eigenvalue weighted by Crippen LogP contribution is 2.26. The molecule has 25 heavy (non-hydrogen) atoms. The molecule has 1 aromatic carbocycles. The fraction of sp³-hybridized carbons (Fsp3) is 0.368. The zero-order chi connectivity index (χ0) is 18.0. The number of H-pyrrole nitrogens is 1. The quantitative estimate of drug-likeness (QED) is 0.743. The molecular formula is C19H24N5O+. The second-order valence-electron chi connectivity index (χ2n) is 6.96. The maximum absolute atomic E-state index is 5.61. The molecule has 0 saturated carbocycles. The fourth-order valence-electron chi connectivity index (χ4n) is 2.55. The Morgan fingerprint density at radius 2 is 1.88 bits per heavy atom. The molecule has 130 valence electrons. The topological polar surface area (TPSA) is 67.6 Å². The molecule has 0 saturated heterocycles. The van der Waals surface area contributed by atoms with Crippen molar-refractivity contribution in [1.29, 1.82) is 0 Å². The normalized spacial score (nSPS) is 11.6. The molecule has 0 atom stereocenters. The number of aromatic amines is 1. The van der Waals surface area contributed by atoms with E-state index < -0.39 is 0 Å². The van der Waals surface area contributed by atoms with Gasteiger partial charge in [0.25, 0.3) is 0 Å². The van der Waals surface area contributed by atoms with Crippen LogP contribution in [0.4, 0.5) is 0 Å². The van der Waals surface area contributed by atoms with Crippen molar-refractivity contribution < 1.29 is 9.42 Å². The second kappa shape index (κ2) is 6.63. The third-order valence-corrected chi connectivity index (χ3v) is 3.85. The van der Waals surface area contributed by atoms with Crippen LogP contribution in [-0.2, 0) is 12.5 Å². The standard InChI is InChI=1S/C19H23N5O/c1-6-25-16-11-15(23-24(16)5)13-8-7-9-14(10-13)17-20-12-21-18(22-17)19(2,3)4/h7-12H,6H2,1-5H3/p+1. The molecule has 0 bridgehead atoms. The Kier molecular flexibility index (Phi) is 4.53. The van der Waals surface area contributed by atoms with Crippen molar-refractivity contribution in [3.63, 3.8) is 0 Å². The maximum atomic E-state index is 5.61. The molecule has 6 heteroatoms.